The third-order valence-electron chi connectivity index (χ3n) is 3.61. The summed E-state index contributed by atoms with van der Waals surface area (Å²) in [4.78, 5) is 29.6. The molecule has 2 heterocycles. The molecule has 0 aliphatic heterocycles. The number of thiazole rings is 1. The molecule has 0 bridgehead atoms. The number of carbonyl (C=O) groups is 2. The predicted molar refractivity (Wildman–Crippen MR) is 100 cm³/mol. The number of hydrogen-bond donors (Lipinski definition) is 0. The van der Waals surface area contributed by atoms with E-state index < -0.39 is 0 Å². The van der Waals surface area contributed by atoms with Crippen LogP contribution in [0.3, 0.4) is 0 Å². The van der Waals surface area contributed by atoms with E-state index in [0.29, 0.717) is 22.8 Å². The second-order valence-electron chi connectivity index (χ2n) is 5.46. The Labute approximate surface area is 153 Å². The zero-order valence-corrected chi connectivity index (χ0v) is 15.7. The van der Waals surface area contributed by atoms with Crippen LogP contribution in [0, 0.1) is 6.92 Å². The fourth-order valence-electron chi connectivity index (χ4n) is 2.46. The van der Waals surface area contributed by atoms with Crippen molar-refractivity contribution in [3.63, 3.8) is 0 Å². The fourth-order valence-corrected chi connectivity index (χ4v) is 4.22. The van der Waals surface area contributed by atoms with E-state index in [0.717, 1.165) is 15.8 Å². The Morgan fingerprint density at radius 1 is 1.28 bits per heavy atom. The van der Waals surface area contributed by atoms with E-state index in [9.17, 15) is 9.59 Å². The fraction of sp³-hybridized carbons (Fsp3) is 0.278. The number of amides is 1. The summed E-state index contributed by atoms with van der Waals surface area (Å²) in [6, 6.07) is 9.67. The Bertz CT molecular complexity index is 968. The van der Waals surface area contributed by atoms with Crippen LogP contribution in [0.5, 0.6) is 0 Å². The van der Waals surface area contributed by atoms with Gasteiger partial charge in [-0.2, -0.15) is 4.99 Å². The highest BCUT2D eigenvalue weighted by molar-refractivity contribution is 7.16. The number of aromatic nitrogens is 1. The van der Waals surface area contributed by atoms with Gasteiger partial charge in [0, 0.05) is 6.54 Å². The predicted octanol–water partition coefficient (Wildman–Crippen LogP) is 3.77. The van der Waals surface area contributed by atoms with Crippen LogP contribution in [0.15, 0.2) is 40.7 Å². The van der Waals surface area contributed by atoms with Gasteiger partial charge in [-0.3, -0.25) is 9.59 Å². The minimum Gasteiger partial charge on any atom is -0.466 e. The lowest BCUT2D eigenvalue weighted by atomic mass is 10.2. The van der Waals surface area contributed by atoms with Gasteiger partial charge < -0.3 is 9.30 Å². The van der Waals surface area contributed by atoms with Gasteiger partial charge in [-0.25, -0.2) is 0 Å². The molecule has 3 aromatic rings. The Hall–Kier alpha value is -2.25. The molecule has 0 spiro atoms. The molecule has 0 fully saturated rings. The van der Waals surface area contributed by atoms with Gasteiger partial charge in [-0.15, -0.1) is 11.3 Å². The van der Waals surface area contributed by atoms with Crippen molar-refractivity contribution in [3.05, 3.63) is 51.0 Å². The average molecular weight is 374 g/mol. The number of hydrogen-bond acceptors (Lipinski definition) is 5. The van der Waals surface area contributed by atoms with Crippen LogP contribution in [0.1, 0.15) is 28.6 Å². The van der Waals surface area contributed by atoms with Crippen molar-refractivity contribution >= 4 is 44.8 Å². The van der Waals surface area contributed by atoms with Gasteiger partial charge in [-0.1, -0.05) is 23.5 Å². The number of fused-ring (bicyclic) bond motifs is 1. The first-order chi connectivity index (χ1) is 12.1. The Morgan fingerprint density at radius 2 is 2.12 bits per heavy atom. The molecule has 0 unspecified atom stereocenters. The zero-order chi connectivity index (χ0) is 17.8. The summed E-state index contributed by atoms with van der Waals surface area (Å²) < 4.78 is 7.97. The van der Waals surface area contributed by atoms with Crippen molar-refractivity contribution in [3.8, 4) is 0 Å². The number of thiophene rings is 1. The van der Waals surface area contributed by atoms with Gasteiger partial charge in [0.25, 0.3) is 5.91 Å². The molecule has 5 nitrogen and oxygen atoms in total. The van der Waals surface area contributed by atoms with Crippen LogP contribution in [0.2, 0.25) is 0 Å². The van der Waals surface area contributed by atoms with Gasteiger partial charge in [-0.05, 0) is 43.0 Å². The van der Waals surface area contributed by atoms with Crippen molar-refractivity contribution < 1.29 is 14.3 Å². The largest absolute Gasteiger partial charge is 0.466 e. The third-order valence-corrected chi connectivity index (χ3v) is 5.51. The van der Waals surface area contributed by atoms with Crippen molar-refractivity contribution in [2.24, 2.45) is 4.99 Å². The lowest BCUT2D eigenvalue weighted by Gasteiger charge is -2.05. The first-order valence-electron chi connectivity index (χ1n) is 7.96. The molecule has 0 aliphatic rings. The highest BCUT2D eigenvalue weighted by Crippen LogP contribution is 2.20. The summed E-state index contributed by atoms with van der Waals surface area (Å²) in [7, 11) is 0. The number of benzene rings is 1. The summed E-state index contributed by atoms with van der Waals surface area (Å²) in [6.45, 7) is 4.60. The average Bonchev–Trinajstić information content (AvgIpc) is 3.20. The number of rotatable bonds is 5. The molecule has 2 aromatic heterocycles. The Kier molecular flexibility index (Phi) is 5.45. The minimum atomic E-state index is -0.261. The molecule has 0 N–H and O–H groups in total. The zero-order valence-electron chi connectivity index (χ0n) is 14.0. The standard InChI is InChI=1S/C18H18N2O3S2/c1-3-23-16(21)8-9-20-13-7-6-12(2)11-15(13)25-18(20)19-17(22)14-5-4-10-24-14/h4-7,10-11H,3,8-9H2,1-2H3. The van der Waals surface area contributed by atoms with E-state index >= 15 is 0 Å². The topological polar surface area (TPSA) is 60.7 Å². The molecule has 25 heavy (non-hydrogen) atoms. The number of nitrogens with zero attached hydrogens (tertiary/aromatic N) is 2. The van der Waals surface area contributed by atoms with Crippen LogP contribution in [-0.4, -0.2) is 23.1 Å². The summed E-state index contributed by atoms with van der Waals surface area (Å²) in [5, 5.41) is 1.85. The van der Waals surface area contributed by atoms with Crippen LogP contribution in [-0.2, 0) is 16.1 Å². The SMILES string of the molecule is CCOC(=O)CCn1c(=NC(=O)c2cccs2)sc2cc(C)ccc21. The highest BCUT2D eigenvalue weighted by Gasteiger charge is 2.12. The monoisotopic (exact) mass is 374 g/mol. The molecular formula is C18H18N2O3S2. The molecule has 0 aliphatic carbocycles. The van der Waals surface area contributed by atoms with Crippen molar-refractivity contribution in [2.75, 3.05) is 6.61 Å². The molecule has 3 rings (SSSR count). The van der Waals surface area contributed by atoms with E-state index in [2.05, 4.69) is 11.1 Å². The maximum atomic E-state index is 12.4. The van der Waals surface area contributed by atoms with E-state index in [1.165, 1.54) is 22.7 Å². The van der Waals surface area contributed by atoms with Crippen LogP contribution in [0.4, 0.5) is 0 Å². The summed E-state index contributed by atoms with van der Waals surface area (Å²) >= 11 is 2.82. The molecule has 0 saturated carbocycles. The number of aryl methyl sites for hydroxylation is 2. The number of esters is 1. The normalized spacial score (nSPS) is 11.8. The van der Waals surface area contributed by atoms with Crippen LogP contribution >= 0.6 is 22.7 Å². The molecule has 0 saturated heterocycles. The number of carbonyl (C=O) groups excluding carboxylic acids is 2. The quantitative estimate of drug-likeness (QED) is 0.639. The molecular weight excluding hydrogens is 356 g/mol. The van der Waals surface area contributed by atoms with Crippen LogP contribution in [0.25, 0.3) is 10.2 Å². The van der Waals surface area contributed by atoms with E-state index in [4.69, 9.17) is 4.74 Å². The molecule has 1 aromatic carbocycles. The second-order valence-corrected chi connectivity index (χ2v) is 7.41. The smallest absolute Gasteiger partial charge is 0.307 e. The first-order valence-corrected chi connectivity index (χ1v) is 9.66. The van der Waals surface area contributed by atoms with Gasteiger partial charge in [0.15, 0.2) is 4.80 Å². The van der Waals surface area contributed by atoms with Crippen molar-refractivity contribution in [2.45, 2.75) is 26.8 Å². The molecule has 130 valence electrons. The third kappa shape index (κ3) is 4.05. The minimum absolute atomic E-state index is 0.244. The number of ether oxygens (including phenoxy) is 1. The van der Waals surface area contributed by atoms with Gasteiger partial charge in [0.1, 0.15) is 0 Å². The Balaban J connectivity index is 2.02. The lowest BCUT2D eigenvalue weighted by Crippen LogP contribution is -2.19. The maximum absolute atomic E-state index is 12.4. The van der Waals surface area contributed by atoms with E-state index in [1.807, 2.05) is 35.1 Å². The molecule has 0 radical (unpaired) electrons. The maximum Gasteiger partial charge on any atom is 0.307 e. The molecule has 7 heteroatoms. The summed E-state index contributed by atoms with van der Waals surface area (Å²) in [6.07, 6.45) is 0.244. The second kappa shape index (κ2) is 7.76. The molecule has 0 atom stereocenters. The van der Waals surface area contributed by atoms with E-state index in [1.54, 1.807) is 13.0 Å². The van der Waals surface area contributed by atoms with Crippen molar-refractivity contribution in [1.29, 1.82) is 0 Å². The first kappa shape index (κ1) is 17.6. The van der Waals surface area contributed by atoms with Gasteiger partial charge in [0.05, 0.1) is 28.1 Å². The Morgan fingerprint density at radius 3 is 2.84 bits per heavy atom. The summed E-state index contributed by atoms with van der Waals surface area (Å²) in [5.41, 5.74) is 2.11. The highest BCUT2D eigenvalue weighted by atomic mass is 32.1. The van der Waals surface area contributed by atoms with Gasteiger partial charge >= 0.3 is 5.97 Å². The lowest BCUT2D eigenvalue weighted by molar-refractivity contribution is -0.143. The van der Waals surface area contributed by atoms with Gasteiger partial charge in [0.2, 0.25) is 0 Å². The molecule has 1 amide bonds. The van der Waals surface area contributed by atoms with Crippen molar-refractivity contribution in [1.82, 2.24) is 4.57 Å². The van der Waals surface area contributed by atoms with Crippen LogP contribution < -0.4 is 4.80 Å². The summed E-state index contributed by atoms with van der Waals surface area (Å²) in [5.74, 6) is -0.514. The van der Waals surface area contributed by atoms with E-state index in [-0.39, 0.29) is 18.3 Å².